The summed E-state index contributed by atoms with van der Waals surface area (Å²) >= 11 is 11.6. The molecule has 0 aliphatic carbocycles. The van der Waals surface area contributed by atoms with Crippen molar-refractivity contribution in [1.82, 2.24) is 20.2 Å². The Balaban J connectivity index is 2.58. The van der Waals surface area contributed by atoms with E-state index in [1.807, 2.05) is 0 Å². The molecule has 1 aromatic heterocycles. The number of hydrogen-bond donors (Lipinski definition) is 0. The third-order valence-corrected chi connectivity index (χ3v) is 2.58. The fourth-order valence-corrected chi connectivity index (χ4v) is 1.62. The molecule has 7 nitrogen and oxygen atoms in total. The van der Waals surface area contributed by atoms with Gasteiger partial charge in [0.05, 0.1) is 21.5 Å². The molecular formula is C8H5Cl2N5O2. The molecule has 88 valence electrons. The number of nitro groups is 1. The topological polar surface area (TPSA) is 86.7 Å². The Bertz CT molecular complexity index is 571. The van der Waals surface area contributed by atoms with Crippen molar-refractivity contribution >= 4 is 28.9 Å². The van der Waals surface area contributed by atoms with Gasteiger partial charge in [-0.3, -0.25) is 10.1 Å². The van der Waals surface area contributed by atoms with E-state index < -0.39 is 4.92 Å². The summed E-state index contributed by atoms with van der Waals surface area (Å²) in [6.45, 7) is 0. The van der Waals surface area contributed by atoms with Crippen molar-refractivity contribution < 1.29 is 4.92 Å². The predicted molar refractivity (Wildman–Crippen MR) is 60.4 cm³/mol. The fraction of sp³-hybridized carbons (Fsp3) is 0.125. The van der Waals surface area contributed by atoms with Gasteiger partial charge in [0.1, 0.15) is 0 Å². The van der Waals surface area contributed by atoms with Gasteiger partial charge >= 0.3 is 0 Å². The summed E-state index contributed by atoms with van der Waals surface area (Å²) in [7, 11) is 0. The molecule has 2 rings (SSSR count). The first-order chi connectivity index (χ1) is 8.13. The number of non-ortho nitro benzene ring substituents is 1. The van der Waals surface area contributed by atoms with E-state index in [4.69, 9.17) is 23.2 Å². The summed E-state index contributed by atoms with van der Waals surface area (Å²) in [5.41, 5.74) is 0.224. The second kappa shape index (κ2) is 4.64. The van der Waals surface area contributed by atoms with Crippen molar-refractivity contribution in [2.24, 2.45) is 0 Å². The van der Waals surface area contributed by atoms with Crippen molar-refractivity contribution in [3.63, 3.8) is 0 Å². The van der Waals surface area contributed by atoms with Crippen molar-refractivity contribution in [3.8, 4) is 5.69 Å². The molecule has 9 heteroatoms. The molecule has 0 aliphatic heterocycles. The van der Waals surface area contributed by atoms with Crippen molar-refractivity contribution in [2.45, 2.75) is 5.88 Å². The molecule has 2 aromatic rings. The quantitative estimate of drug-likeness (QED) is 0.485. The van der Waals surface area contributed by atoms with E-state index in [1.165, 1.54) is 22.9 Å². The summed E-state index contributed by atoms with van der Waals surface area (Å²) < 4.78 is 1.27. The van der Waals surface area contributed by atoms with Crippen LogP contribution in [0.15, 0.2) is 18.2 Å². The number of nitro benzene ring substituents is 1. The van der Waals surface area contributed by atoms with E-state index in [0.717, 1.165) is 0 Å². The minimum Gasteiger partial charge on any atom is -0.258 e. The lowest BCUT2D eigenvalue weighted by atomic mass is 10.3. The van der Waals surface area contributed by atoms with E-state index in [-0.39, 0.29) is 11.6 Å². The molecule has 0 unspecified atom stereocenters. The highest BCUT2D eigenvalue weighted by molar-refractivity contribution is 6.32. The predicted octanol–water partition coefficient (Wildman–Crippen LogP) is 1.96. The number of aromatic nitrogens is 4. The lowest BCUT2D eigenvalue weighted by Gasteiger charge is -2.04. The van der Waals surface area contributed by atoms with Gasteiger partial charge in [-0.15, -0.1) is 16.7 Å². The minimum absolute atomic E-state index is 0.0754. The molecule has 0 radical (unpaired) electrons. The van der Waals surface area contributed by atoms with Crippen LogP contribution in [0.5, 0.6) is 0 Å². The number of benzene rings is 1. The zero-order valence-electron chi connectivity index (χ0n) is 8.25. The maximum atomic E-state index is 10.7. The Kier molecular flexibility index (Phi) is 3.21. The van der Waals surface area contributed by atoms with Crippen LogP contribution < -0.4 is 0 Å². The SMILES string of the molecule is O=[N+]([O-])c1ccc(Cl)c(-n2nnnc2CCl)c1. The van der Waals surface area contributed by atoms with Crippen molar-refractivity contribution in [2.75, 3.05) is 0 Å². The van der Waals surface area contributed by atoms with E-state index in [2.05, 4.69) is 15.5 Å². The van der Waals surface area contributed by atoms with Gasteiger partial charge in [0.25, 0.3) is 5.69 Å². The Morgan fingerprint density at radius 3 is 2.88 bits per heavy atom. The zero-order chi connectivity index (χ0) is 12.4. The average Bonchev–Trinajstić information content (AvgIpc) is 2.77. The number of rotatable bonds is 3. The molecule has 0 saturated carbocycles. The van der Waals surface area contributed by atoms with Gasteiger partial charge in [0, 0.05) is 12.1 Å². The van der Waals surface area contributed by atoms with Crippen LogP contribution in [0.4, 0.5) is 5.69 Å². The van der Waals surface area contributed by atoms with Crippen molar-refractivity contribution in [1.29, 1.82) is 0 Å². The van der Waals surface area contributed by atoms with Gasteiger partial charge in [-0.1, -0.05) is 11.6 Å². The molecule has 0 atom stereocenters. The first-order valence-electron chi connectivity index (χ1n) is 4.41. The summed E-state index contributed by atoms with van der Waals surface area (Å²) in [6.07, 6.45) is 0. The largest absolute Gasteiger partial charge is 0.271 e. The molecule has 0 amide bonds. The van der Waals surface area contributed by atoms with E-state index >= 15 is 0 Å². The molecule has 0 bridgehead atoms. The average molecular weight is 274 g/mol. The minimum atomic E-state index is -0.523. The maximum Gasteiger partial charge on any atom is 0.271 e. The smallest absolute Gasteiger partial charge is 0.258 e. The summed E-state index contributed by atoms with van der Waals surface area (Å²) in [6, 6.07) is 4.00. The fourth-order valence-electron chi connectivity index (χ4n) is 1.25. The van der Waals surface area contributed by atoms with E-state index in [0.29, 0.717) is 16.5 Å². The van der Waals surface area contributed by atoms with Gasteiger partial charge in [-0.25, -0.2) is 0 Å². The second-order valence-electron chi connectivity index (χ2n) is 3.03. The number of alkyl halides is 1. The number of hydrogen-bond acceptors (Lipinski definition) is 5. The van der Waals surface area contributed by atoms with Crippen LogP contribution in [0.3, 0.4) is 0 Å². The van der Waals surface area contributed by atoms with E-state index in [9.17, 15) is 10.1 Å². The lowest BCUT2D eigenvalue weighted by Crippen LogP contribution is -2.03. The van der Waals surface area contributed by atoms with Crippen LogP contribution in [0, 0.1) is 10.1 Å². The first kappa shape index (κ1) is 11.7. The zero-order valence-corrected chi connectivity index (χ0v) is 9.76. The Morgan fingerprint density at radius 2 is 2.24 bits per heavy atom. The normalized spacial score (nSPS) is 10.5. The van der Waals surface area contributed by atoms with Crippen LogP contribution in [-0.2, 0) is 5.88 Å². The van der Waals surface area contributed by atoms with Gasteiger partial charge < -0.3 is 0 Å². The first-order valence-corrected chi connectivity index (χ1v) is 5.32. The highest BCUT2D eigenvalue weighted by Crippen LogP contribution is 2.25. The molecule has 17 heavy (non-hydrogen) atoms. The number of tetrazole rings is 1. The summed E-state index contributed by atoms with van der Waals surface area (Å²) in [5, 5.41) is 21.7. The molecule has 0 aliphatic rings. The van der Waals surface area contributed by atoms with Gasteiger partial charge in [-0.05, 0) is 16.5 Å². The third-order valence-electron chi connectivity index (χ3n) is 2.02. The van der Waals surface area contributed by atoms with Crippen LogP contribution in [0.2, 0.25) is 5.02 Å². The molecule has 1 aromatic carbocycles. The van der Waals surface area contributed by atoms with Crippen LogP contribution in [0.25, 0.3) is 5.69 Å². The molecule has 1 heterocycles. The molecule has 0 fully saturated rings. The third kappa shape index (κ3) is 2.20. The van der Waals surface area contributed by atoms with Crippen LogP contribution in [-0.4, -0.2) is 25.1 Å². The lowest BCUT2D eigenvalue weighted by molar-refractivity contribution is -0.384. The number of nitrogens with zero attached hydrogens (tertiary/aromatic N) is 5. The number of halogens is 2. The standard InChI is InChI=1S/C8H5Cl2N5O2/c9-4-8-11-12-13-14(8)7-3-5(15(16)17)1-2-6(7)10/h1-3H,4H2. The highest BCUT2D eigenvalue weighted by atomic mass is 35.5. The Labute approximate surface area is 105 Å². The van der Waals surface area contributed by atoms with Crippen molar-refractivity contribution in [3.05, 3.63) is 39.2 Å². The summed E-state index contributed by atoms with van der Waals surface area (Å²) in [5.74, 6) is 0.431. The van der Waals surface area contributed by atoms with Gasteiger partial charge in [-0.2, -0.15) is 4.68 Å². The summed E-state index contributed by atoms with van der Waals surface area (Å²) in [4.78, 5) is 10.1. The molecule has 0 spiro atoms. The Hall–Kier alpha value is -1.73. The molecular weight excluding hydrogens is 269 g/mol. The van der Waals surface area contributed by atoms with Gasteiger partial charge in [0.2, 0.25) is 0 Å². The second-order valence-corrected chi connectivity index (χ2v) is 3.71. The van der Waals surface area contributed by atoms with Crippen LogP contribution >= 0.6 is 23.2 Å². The monoisotopic (exact) mass is 273 g/mol. The molecule has 0 N–H and O–H groups in total. The maximum absolute atomic E-state index is 10.7. The highest BCUT2D eigenvalue weighted by Gasteiger charge is 2.15. The molecule has 0 saturated heterocycles. The Morgan fingerprint density at radius 1 is 1.47 bits per heavy atom. The van der Waals surface area contributed by atoms with Crippen LogP contribution in [0.1, 0.15) is 5.82 Å². The van der Waals surface area contributed by atoms with E-state index in [1.54, 1.807) is 0 Å². The van der Waals surface area contributed by atoms with Gasteiger partial charge in [0.15, 0.2) is 5.82 Å².